The second kappa shape index (κ2) is 7.09. The number of hydrogen-bond acceptors (Lipinski definition) is 3. The Bertz CT molecular complexity index is 534. The third-order valence-corrected chi connectivity index (χ3v) is 4.65. The van der Waals surface area contributed by atoms with Crippen molar-refractivity contribution in [2.24, 2.45) is 0 Å². The highest BCUT2D eigenvalue weighted by Crippen LogP contribution is 2.23. The third kappa shape index (κ3) is 3.52. The van der Waals surface area contributed by atoms with Crippen LogP contribution in [0, 0.1) is 6.92 Å². The first-order chi connectivity index (χ1) is 9.65. The van der Waals surface area contributed by atoms with Crippen molar-refractivity contribution in [2.75, 3.05) is 7.05 Å². The van der Waals surface area contributed by atoms with Crippen molar-refractivity contribution in [1.82, 2.24) is 15.1 Å². The van der Waals surface area contributed by atoms with Crippen LogP contribution in [0.25, 0.3) is 0 Å². The van der Waals surface area contributed by atoms with E-state index in [-0.39, 0.29) is 0 Å². The monoisotopic (exact) mass is 339 g/mol. The Hall–Kier alpha value is -1.07. The predicted molar refractivity (Wildman–Crippen MR) is 83.9 cm³/mol. The number of hydrogen-bond donors (Lipinski definition) is 1. The van der Waals surface area contributed by atoms with Gasteiger partial charge in [-0.05, 0) is 55.4 Å². The second-order valence-electron chi connectivity index (χ2n) is 4.97. The van der Waals surface area contributed by atoms with Crippen molar-refractivity contribution in [1.29, 1.82) is 0 Å². The van der Waals surface area contributed by atoms with E-state index in [1.54, 1.807) is 6.26 Å². The van der Waals surface area contributed by atoms with Gasteiger partial charge < -0.3 is 9.73 Å². The molecule has 4 nitrogen and oxygen atoms in total. The maximum absolute atomic E-state index is 5.40. The van der Waals surface area contributed by atoms with Gasteiger partial charge in [0.15, 0.2) is 0 Å². The molecule has 1 atom stereocenters. The van der Waals surface area contributed by atoms with E-state index < -0.39 is 0 Å². The molecule has 2 heterocycles. The molecule has 0 aromatic carbocycles. The maximum Gasteiger partial charge on any atom is 0.103 e. The van der Waals surface area contributed by atoms with Gasteiger partial charge in [-0.15, -0.1) is 0 Å². The molecule has 0 spiro atoms. The number of likely N-dealkylation sites (N-methyl/N-ethyl adjacent to an activating group) is 1. The maximum atomic E-state index is 5.40. The van der Waals surface area contributed by atoms with E-state index in [1.165, 1.54) is 5.69 Å². The van der Waals surface area contributed by atoms with Crippen LogP contribution in [-0.4, -0.2) is 22.9 Å². The van der Waals surface area contributed by atoms with Gasteiger partial charge in [-0.3, -0.25) is 4.68 Å². The summed E-state index contributed by atoms with van der Waals surface area (Å²) in [6.45, 7) is 5.06. The highest BCUT2D eigenvalue weighted by Gasteiger charge is 2.17. The van der Waals surface area contributed by atoms with Crippen molar-refractivity contribution in [2.45, 2.75) is 45.7 Å². The number of furan rings is 1. The SMILES string of the molecule is CCn1nc(C)c(Br)c1CC(CCc1ccco1)NC. The molecule has 2 aromatic heterocycles. The average Bonchev–Trinajstić information content (AvgIpc) is 3.06. The van der Waals surface area contributed by atoms with Gasteiger partial charge in [0.05, 0.1) is 22.1 Å². The molecule has 0 aliphatic heterocycles. The van der Waals surface area contributed by atoms with Crippen LogP contribution < -0.4 is 5.32 Å². The molecule has 20 heavy (non-hydrogen) atoms. The molecule has 0 bridgehead atoms. The van der Waals surface area contributed by atoms with E-state index in [0.717, 1.165) is 41.7 Å². The van der Waals surface area contributed by atoms with E-state index in [2.05, 4.69) is 38.0 Å². The highest BCUT2D eigenvalue weighted by molar-refractivity contribution is 9.10. The Morgan fingerprint density at radius 2 is 2.30 bits per heavy atom. The number of aromatic nitrogens is 2. The Morgan fingerprint density at radius 1 is 1.50 bits per heavy atom. The number of nitrogens with one attached hydrogen (secondary N) is 1. The fourth-order valence-corrected chi connectivity index (χ4v) is 2.86. The lowest BCUT2D eigenvalue weighted by Gasteiger charge is -2.16. The molecule has 0 saturated heterocycles. The van der Waals surface area contributed by atoms with Crippen LogP contribution in [0.1, 0.15) is 30.5 Å². The van der Waals surface area contributed by atoms with E-state index >= 15 is 0 Å². The minimum absolute atomic E-state index is 0.415. The van der Waals surface area contributed by atoms with Crippen molar-refractivity contribution < 1.29 is 4.42 Å². The van der Waals surface area contributed by atoms with Crippen LogP contribution in [0.2, 0.25) is 0 Å². The Labute approximate surface area is 128 Å². The molecule has 2 aromatic rings. The molecule has 2 rings (SSSR count). The summed E-state index contributed by atoms with van der Waals surface area (Å²) in [6.07, 6.45) is 4.70. The van der Waals surface area contributed by atoms with E-state index in [4.69, 9.17) is 4.42 Å². The lowest BCUT2D eigenvalue weighted by molar-refractivity contribution is 0.451. The van der Waals surface area contributed by atoms with Crippen LogP contribution >= 0.6 is 15.9 Å². The molecule has 0 saturated carbocycles. The summed E-state index contributed by atoms with van der Waals surface area (Å²) in [7, 11) is 2.01. The molecule has 0 fully saturated rings. The van der Waals surface area contributed by atoms with E-state index in [0.29, 0.717) is 6.04 Å². The molecular formula is C15H22BrN3O. The van der Waals surface area contributed by atoms with Crippen LogP contribution in [0.5, 0.6) is 0 Å². The van der Waals surface area contributed by atoms with Crippen molar-refractivity contribution in [3.63, 3.8) is 0 Å². The molecule has 0 aliphatic rings. The number of nitrogens with zero attached hydrogens (tertiary/aromatic N) is 2. The lowest BCUT2D eigenvalue weighted by atomic mass is 10.0. The van der Waals surface area contributed by atoms with E-state index in [1.807, 2.05) is 26.1 Å². The molecule has 5 heteroatoms. The zero-order valence-corrected chi connectivity index (χ0v) is 13.9. The molecule has 0 aliphatic carbocycles. The minimum atomic E-state index is 0.415. The van der Waals surface area contributed by atoms with Gasteiger partial charge in [0, 0.05) is 25.4 Å². The number of rotatable bonds is 7. The summed E-state index contributed by atoms with van der Waals surface area (Å²) in [5, 5.41) is 7.95. The van der Waals surface area contributed by atoms with Gasteiger partial charge in [-0.1, -0.05) is 0 Å². The van der Waals surface area contributed by atoms with Crippen molar-refractivity contribution >= 4 is 15.9 Å². The van der Waals surface area contributed by atoms with Crippen LogP contribution in [0.4, 0.5) is 0 Å². The Kier molecular flexibility index (Phi) is 5.43. The average molecular weight is 340 g/mol. The summed E-state index contributed by atoms with van der Waals surface area (Å²) in [6, 6.07) is 4.39. The molecule has 1 unspecified atom stereocenters. The number of halogens is 1. The molecule has 0 amide bonds. The van der Waals surface area contributed by atoms with Crippen molar-refractivity contribution in [3.8, 4) is 0 Å². The van der Waals surface area contributed by atoms with Crippen LogP contribution in [0.15, 0.2) is 27.3 Å². The standard InChI is InChI=1S/C15H22BrN3O/c1-4-19-14(15(16)11(2)18-19)10-12(17-3)7-8-13-6-5-9-20-13/h5-6,9,12,17H,4,7-8,10H2,1-3H3. The van der Waals surface area contributed by atoms with Gasteiger partial charge in [0.1, 0.15) is 5.76 Å². The van der Waals surface area contributed by atoms with Gasteiger partial charge >= 0.3 is 0 Å². The third-order valence-electron chi connectivity index (χ3n) is 3.62. The second-order valence-corrected chi connectivity index (χ2v) is 5.76. The summed E-state index contributed by atoms with van der Waals surface area (Å²) >= 11 is 3.66. The number of aryl methyl sites for hydroxylation is 3. The topological polar surface area (TPSA) is 43.0 Å². The smallest absolute Gasteiger partial charge is 0.103 e. The summed E-state index contributed by atoms with van der Waals surface area (Å²) in [5.74, 6) is 1.05. The first kappa shape index (κ1) is 15.3. The summed E-state index contributed by atoms with van der Waals surface area (Å²) in [4.78, 5) is 0. The zero-order valence-electron chi connectivity index (χ0n) is 12.3. The van der Waals surface area contributed by atoms with Gasteiger partial charge in [0.25, 0.3) is 0 Å². The Morgan fingerprint density at radius 3 is 2.90 bits per heavy atom. The van der Waals surface area contributed by atoms with Crippen LogP contribution in [-0.2, 0) is 19.4 Å². The zero-order chi connectivity index (χ0) is 14.5. The van der Waals surface area contributed by atoms with Crippen molar-refractivity contribution in [3.05, 3.63) is 40.0 Å². The van der Waals surface area contributed by atoms with Gasteiger partial charge in [-0.2, -0.15) is 5.10 Å². The quantitative estimate of drug-likeness (QED) is 0.841. The molecular weight excluding hydrogens is 318 g/mol. The van der Waals surface area contributed by atoms with Gasteiger partial charge in [-0.25, -0.2) is 0 Å². The first-order valence-electron chi connectivity index (χ1n) is 7.07. The normalized spacial score (nSPS) is 12.8. The molecule has 110 valence electrons. The van der Waals surface area contributed by atoms with Crippen LogP contribution in [0.3, 0.4) is 0 Å². The van der Waals surface area contributed by atoms with Gasteiger partial charge in [0.2, 0.25) is 0 Å². The fraction of sp³-hybridized carbons (Fsp3) is 0.533. The summed E-state index contributed by atoms with van der Waals surface area (Å²) < 4.78 is 8.61. The highest BCUT2D eigenvalue weighted by atomic mass is 79.9. The largest absolute Gasteiger partial charge is 0.469 e. The fourth-order valence-electron chi connectivity index (χ4n) is 2.42. The molecule has 1 N–H and O–H groups in total. The van der Waals surface area contributed by atoms with E-state index in [9.17, 15) is 0 Å². The first-order valence-corrected chi connectivity index (χ1v) is 7.86. The summed E-state index contributed by atoms with van der Waals surface area (Å²) in [5.41, 5.74) is 2.33. The lowest BCUT2D eigenvalue weighted by Crippen LogP contribution is -2.29. The predicted octanol–water partition coefficient (Wildman–Crippen LogP) is 3.33. The minimum Gasteiger partial charge on any atom is -0.469 e. The Balaban J connectivity index is 2.02. The molecule has 0 radical (unpaired) electrons.